The zero-order valence-electron chi connectivity index (χ0n) is 11.5. The fraction of sp³-hybridized carbons (Fsp3) is 0.833. The molecule has 110 valence electrons. The minimum Gasteiger partial charge on any atom is -0.480 e. The number of morpholine rings is 1. The highest BCUT2D eigenvalue weighted by Gasteiger charge is 2.33. The number of rotatable bonds is 4. The van der Waals surface area contributed by atoms with Crippen LogP contribution >= 0.6 is 0 Å². The van der Waals surface area contributed by atoms with Crippen molar-refractivity contribution in [3.05, 3.63) is 0 Å². The second kappa shape index (κ2) is 6.72. The first-order valence-electron chi connectivity index (χ1n) is 6.46. The third kappa shape index (κ3) is 4.07. The van der Waals surface area contributed by atoms with E-state index in [4.69, 9.17) is 9.84 Å². The highest BCUT2D eigenvalue weighted by molar-refractivity contribution is 5.83. The number of carbonyl (C=O) groups is 2. The first-order valence-corrected chi connectivity index (χ1v) is 6.46. The molecule has 0 spiro atoms. The Morgan fingerprint density at radius 1 is 1.53 bits per heavy atom. The van der Waals surface area contributed by atoms with Crippen LogP contribution in [0.4, 0.5) is 4.79 Å². The second-order valence-electron chi connectivity index (χ2n) is 4.86. The van der Waals surface area contributed by atoms with Crippen LogP contribution in [0.3, 0.4) is 0 Å². The van der Waals surface area contributed by atoms with Crippen LogP contribution in [0.2, 0.25) is 0 Å². The second-order valence-corrected chi connectivity index (χ2v) is 4.86. The number of amides is 2. The Kier molecular flexibility index (Phi) is 5.56. The summed E-state index contributed by atoms with van der Waals surface area (Å²) in [7, 11) is 0. The lowest BCUT2D eigenvalue weighted by molar-refractivity contribution is -0.141. The van der Waals surface area contributed by atoms with E-state index in [1.165, 1.54) is 6.92 Å². The molecule has 0 saturated carbocycles. The molecule has 1 aliphatic heterocycles. The predicted molar refractivity (Wildman–Crippen MR) is 67.8 cm³/mol. The summed E-state index contributed by atoms with van der Waals surface area (Å²) in [4.78, 5) is 24.6. The highest BCUT2D eigenvalue weighted by Crippen LogP contribution is 2.14. The van der Waals surface area contributed by atoms with Gasteiger partial charge in [-0.1, -0.05) is 6.92 Å². The SMILES string of the molecule is CCC1COC(C)CN1C(=O)N[C@H](C(=O)O)[C@@H](C)O. The van der Waals surface area contributed by atoms with Gasteiger partial charge in [0.15, 0.2) is 6.04 Å². The molecule has 1 aliphatic rings. The smallest absolute Gasteiger partial charge is 0.328 e. The van der Waals surface area contributed by atoms with Gasteiger partial charge in [0.1, 0.15) is 0 Å². The summed E-state index contributed by atoms with van der Waals surface area (Å²) in [5, 5.41) is 20.7. The monoisotopic (exact) mass is 274 g/mol. The van der Waals surface area contributed by atoms with Gasteiger partial charge in [-0.3, -0.25) is 0 Å². The van der Waals surface area contributed by atoms with Crippen LogP contribution in [0.25, 0.3) is 0 Å². The number of nitrogens with one attached hydrogen (secondary N) is 1. The van der Waals surface area contributed by atoms with Crippen LogP contribution in [-0.2, 0) is 9.53 Å². The standard InChI is InChI=1S/C12H22N2O5/c1-4-9-6-19-7(2)5-14(9)12(18)13-10(8(3)15)11(16)17/h7-10,15H,4-6H2,1-3H3,(H,13,18)(H,16,17)/t7?,8-,9?,10+/m1/s1. The molecule has 3 N–H and O–H groups in total. The van der Waals surface area contributed by atoms with Crippen LogP contribution in [0.5, 0.6) is 0 Å². The number of ether oxygens (including phenoxy) is 1. The van der Waals surface area contributed by atoms with Gasteiger partial charge in [-0.2, -0.15) is 0 Å². The van der Waals surface area contributed by atoms with E-state index < -0.39 is 24.1 Å². The molecule has 1 saturated heterocycles. The van der Waals surface area contributed by atoms with E-state index in [-0.39, 0.29) is 12.1 Å². The molecule has 0 radical (unpaired) electrons. The Bertz CT molecular complexity index is 334. The lowest BCUT2D eigenvalue weighted by Crippen LogP contribution is -2.58. The summed E-state index contributed by atoms with van der Waals surface area (Å²) in [6.45, 7) is 5.98. The molecule has 1 heterocycles. The van der Waals surface area contributed by atoms with Crippen LogP contribution < -0.4 is 5.32 Å². The fourth-order valence-electron chi connectivity index (χ4n) is 2.04. The molecule has 2 amide bonds. The fourth-order valence-corrected chi connectivity index (χ4v) is 2.04. The van der Waals surface area contributed by atoms with Gasteiger partial charge in [0.05, 0.1) is 24.9 Å². The normalized spacial score (nSPS) is 26.6. The zero-order chi connectivity index (χ0) is 14.6. The third-order valence-electron chi connectivity index (χ3n) is 3.23. The number of aliphatic hydroxyl groups is 1. The van der Waals surface area contributed by atoms with E-state index in [0.29, 0.717) is 13.2 Å². The van der Waals surface area contributed by atoms with Crippen LogP contribution in [-0.4, -0.2) is 64.6 Å². The molecule has 0 aliphatic carbocycles. The number of aliphatic carboxylic acids is 1. The van der Waals surface area contributed by atoms with Gasteiger partial charge in [0.25, 0.3) is 0 Å². The molecule has 1 fully saturated rings. The van der Waals surface area contributed by atoms with Gasteiger partial charge in [-0.25, -0.2) is 9.59 Å². The molecule has 19 heavy (non-hydrogen) atoms. The minimum absolute atomic E-state index is 0.0698. The lowest BCUT2D eigenvalue weighted by Gasteiger charge is -2.38. The van der Waals surface area contributed by atoms with Crippen molar-refractivity contribution >= 4 is 12.0 Å². The van der Waals surface area contributed by atoms with E-state index in [1.807, 2.05) is 13.8 Å². The van der Waals surface area contributed by atoms with Crippen LogP contribution in [0, 0.1) is 0 Å². The largest absolute Gasteiger partial charge is 0.480 e. The number of aliphatic hydroxyl groups excluding tert-OH is 1. The molecule has 2 unspecified atom stereocenters. The predicted octanol–water partition coefficient (Wildman–Crippen LogP) is 0.0293. The zero-order valence-corrected chi connectivity index (χ0v) is 11.5. The number of carbonyl (C=O) groups excluding carboxylic acids is 1. The first-order chi connectivity index (χ1) is 8.86. The molecule has 1 rings (SSSR count). The Morgan fingerprint density at radius 3 is 2.63 bits per heavy atom. The van der Waals surface area contributed by atoms with Crippen molar-refractivity contribution < 1.29 is 24.5 Å². The van der Waals surface area contributed by atoms with Crippen LogP contribution in [0.1, 0.15) is 27.2 Å². The first kappa shape index (κ1) is 15.7. The van der Waals surface area contributed by atoms with Crippen molar-refractivity contribution in [1.82, 2.24) is 10.2 Å². The quantitative estimate of drug-likeness (QED) is 0.671. The number of carboxylic acids is 1. The summed E-state index contributed by atoms with van der Waals surface area (Å²) < 4.78 is 5.47. The van der Waals surface area contributed by atoms with E-state index in [9.17, 15) is 14.7 Å². The van der Waals surface area contributed by atoms with Crippen molar-refractivity contribution in [2.45, 2.75) is 51.5 Å². The van der Waals surface area contributed by atoms with E-state index in [2.05, 4.69) is 5.32 Å². The van der Waals surface area contributed by atoms with Crippen molar-refractivity contribution in [1.29, 1.82) is 0 Å². The lowest BCUT2D eigenvalue weighted by atomic mass is 10.1. The molecule has 7 nitrogen and oxygen atoms in total. The Morgan fingerprint density at radius 2 is 2.16 bits per heavy atom. The number of urea groups is 1. The maximum absolute atomic E-state index is 12.1. The van der Waals surface area contributed by atoms with Gasteiger partial charge < -0.3 is 25.2 Å². The van der Waals surface area contributed by atoms with Crippen LogP contribution in [0.15, 0.2) is 0 Å². The molecule has 0 bridgehead atoms. The van der Waals surface area contributed by atoms with Gasteiger partial charge in [-0.05, 0) is 20.3 Å². The van der Waals surface area contributed by atoms with Crippen molar-refractivity contribution in [2.24, 2.45) is 0 Å². The third-order valence-corrected chi connectivity index (χ3v) is 3.23. The number of hydrogen-bond donors (Lipinski definition) is 3. The van der Waals surface area contributed by atoms with Crippen molar-refractivity contribution in [3.8, 4) is 0 Å². The Labute approximate surface area is 112 Å². The number of nitrogens with zero attached hydrogens (tertiary/aromatic N) is 1. The molecule has 4 atom stereocenters. The molecular weight excluding hydrogens is 252 g/mol. The Balaban J connectivity index is 2.71. The topological polar surface area (TPSA) is 99.1 Å². The van der Waals surface area contributed by atoms with E-state index in [0.717, 1.165) is 6.42 Å². The molecular formula is C12H22N2O5. The maximum Gasteiger partial charge on any atom is 0.328 e. The average molecular weight is 274 g/mol. The molecule has 0 aromatic carbocycles. The van der Waals surface area contributed by atoms with Gasteiger partial charge in [0.2, 0.25) is 0 Å². The minimum atomic E-state index is -1.30. The maximum atomic E-state index is 12.1. The summed E-state index contributed by atoms with van der Waals surface area (Å²) in [5.41, 5.74) is 0. The molecule has 0 aromatic rings. The molecule has 0 aromatic heterocycles. The summed E-state index contributed by atoms with van der Waals surface area (Å²) >= 11 is 0. The highest BCUT2D eigenvalue weighted by atomic mass is 16.5. The summed E-state index contributed by atoms with van der Waals surface area (Å²) in [5.74, 6) is -1.25. The van der Waals surface area contributed by atoms with E-state index in [1.54, 1.807) is 4.90 Å². The Hall–Kier alpha value is -1.34. The molecule has 7 heteroatoms. The van der Waals surface area contributed by atoms with Gasteiger partial charge >= 0.3 is 12.0 Å². The summed E-state index contributed by atoms with van der Waals surface area (Å²) in [6, 6.07) is -1.85. The average Bonchev–Trinajstić information content (AvgIpc) is 2.34. The summed E-state index contributed by atoms with van der Waals surface area (Å²) in [6.07, 6.45) is -0.504. The van der Waals surface area contributed by atoms with Gasteiger partial charge in [-0.15, -0.1) is 0 Å². The van der Waals surface area contributed by atoms with Crippen molar-refractivity contribution in [2.75, 3.05) is 13.2 Å². The van der Waals surface area contributed by atoms with Gasteiger partial charge in [0, 0.05) is 6.54 Å². The van der Waals surface area contributed by atoms with Crippen molar-refractivity contribution in [3.63, 3.8) is 0 Å². The number of hydrogen-bond acceptors (Lipinski definition) is 4. The number of carboxylic acid groups (broad SMARTS) is 1. The van der Waals surface area contributed by atoms with E-state index >= 15 is 0 Å².